The quantitative estimate of drug-likeness (QED) is 0.684. The van der Waals surface area contributed by atoms with Gasteiger partial charge in [0, 0.05) is 24.5 Å². The Kier molecular flexibility index (Phi) is 2.83. The second-order valence-corrected chi connectivity index (χ2v) is 5.61. The maximum atomic E-state index is 6.00. The smallest absolute Gasteiger partial charge is 0.109 e. The lowest BCUT2D eigenvalue weighted by atomic mass is 10.00. The van der Waals surface area contributed by atoms with Gasteiger partial charge in [0.15, 0.2) is 0 Å². The molecule has 17 heavy (non-hydrogen) atoms. The highest BCUT2D eigenvalue weighted by atomic mass is 35.5. The van der Waals surface area contributed by atoms with Gasteiger partial charge >= 0.3 is 0 Å². The van der Waals surface area contributed by atoms with Crippen LogP contribution in [0.25, 0.3) is 0 Å². The van der Waals surface area contributed by atoms with Gasteiger partial charge in [-0.3, -0.25) is 0 Å². The van der Waals surface area contributed by atoms with E-state index in [9.17, 15) is 0 Å². The molecule has 0 radical (unpaired) electrons. The highest BCUT2D eigenvalue weighted by Gasteiger charge is 2.23. The number of hydrogen-bond donors (Lipinski definition) is 0. The molecule has 0 N–H and O–H groups in total. The zero-order valence-electron chi connectivity index (χ0n) is 10.1. The van der Waals surface area contributed by atoms with Gasteiger partial charge in [0.25, 0.3) is 0 Å². The van der Waals surface area contributed by atoms with Crippen molar-refractivity contribution in [2.75, 3.05) is 13.1 Å². The maximum Gasteiger partial charge on any atom is 0.109 e. The van der Waals surface area contributed by atoms with Gasteiger partial charge in [-0.1, -0.05) is 24.6 Å². The van der Waals surface area contributed by atoms with Crippen LogP contribution in [-0.4, -0.2) is 23.8 Å². The minimum atomic E-state index is 0.778. The van der Waals surface area contributed by atoms with Crippen LogP contribution in [0.2, 0.25) is 5.02 Å². The van der Waals surface area contributed by atoms with Crippen molar-refractivity contribution < 1.29 is 0 Å². The molecule has 0 saturated carbocycles. The van der Waals surface area contributed by atoms with Gasteiger partial charge in [-0.2, -0.15) is 0 Å². The van der Waals surface area contributed by atoms with Crippen molar-refractivity contribution >= 4 is 23.1 Å². The van der Waals surface area contributed by atoms with E-state index in [-0.39, 0.29) is 0 Å². The molecule has 1 aromatic carbocycles. The Hall–Kier alpha value is -1.02. The van der Waals surface area contributed by atoms with Crippen LogP contribution < -0.4 is 0 Å². The first kappa shape index (κ1) is 11.1. The van der Waals surface area contributed by atoms with E-state index in [2.05, 4.69) is 17.9 Å². The van der Waals surface area contributed by atoms with Crippen molar-refractivity contribution in [2.45, 2.75) is 26.2 Å². The first-order chi connectivity index (χ1) is 8.22. The first-order valence-electron chi connectivity index (χ1n) is 6.33. The van der Waals surface area contributed by atoms with Crippen LogP contribution in [0, 0.1) is 5.92 Å². The van der Waals surface area contributed by atoms with E-state index in [1.807, 2.05) is 12.1 Å². The third-order valence-electron chi connectivity index (χ3n) is 3.67. The molecule has 0 aliphatic carbocycles. The molecule has 90 valence electrons. The Labute approximate surface area is 107 Å². The molecule has 2 heterocycles. The number of amidine groups is 1. The Morgan fingerprint density at radius 2 is 2.29 bits per heavy atom. The van der Waals surface area contributed by atoms with Crippen molar-refractivity contribution in [3.05, 3.63) is 28.8 Å². The Morgan fingerprint density at radius 3 is 3.12 bits per heavy atom. The molecule has 3 rings (SSSR count). The molecule has 0 spiro atoms. The summed E-state index contributed by atoms with van der Waals surface area (Å²) in [5.74, 6) is 2.02. The molecule has 2 nitrogen and oxygen atoms in total. The van der Waals surface area contributed by atoms with Crippen molar-refractivity contribution in [1.82, 2.24) is 4.90 Å². The van der Waals surface area contributed by atoms with Crippen molar-refractivity contribution in [2.24, 2.45) is 10.9 Å². The molecule has 2 aliphatic rings. The molecule has 1 fully saturated rings. The number of benzene rings is 1. The summed E-state index contributed by atoms with van der Waals surface area (Å²) in [4.78, 5) is 7.18. The summed E-state index contributed by atoms with van der Waals surface area (Å²) in [6, 6.07) is 6.02. The lowest BCUT2D eigenvalue weighted by Crippen LogP contribution is -2.39. The summed E-state index contributed by atoms with van der Waals surface area (Å²) in [5.41, 5.74) is 2.37. The van der Waals surface area contributed by atoms with Crippen LogP contribution >= 0.6 is 11.6 Å². The van der Waals surface area contributed by atoms with Crippen LogP contribution in [0.4, 0.5) is 5.69 Å². The van der Waals surface area contributed by atoms with Crippen LogP contribution in [0.5, 0.6) is 0 Å². The third kappa shape index (κ3) is 2.19. The van der Waals surface area contributed by atoms with Crippen molar-refractivity contribution in [3.8, 4) is 0 Å². The molecule has 1 saturated heterocycles. The van der Waals surface area contributed by atoms with Crippen LogP contribution in [0.3, 0.4) is 0 Å². The van der Waals surface area contributed by atoms with E-state index < -0.39 is 0 Å². The fourth-order valence-corrected chi connectivity index (χ4v) is 2.91. The second kappa shape index (κ2) is 4.34. The van der Waals surface area contributed by atoms with Crippen molar-refractivity contribution in [3.63, 3.8) is 0 Å². The van der Waals surface area contributed by atoms with E-state index in [4.69, 9.17) is 16.6 Å². The number of likely N-dealkylation sites (tertiary alicyclic amines) is 1. The average molecular weight is 249 g/mol. The lowest BCUT2D eigenvalue weighted by molar-refractivity contribution is 0.271. The standard InChI is InChI=1S/C14H17ClN2/c1-10-3-2-6-17(9-10)14-7-11-4-5-12(15)8-13(11)16-14/h4-5,8,10H,2-3,6-7,9H2,1H3. The van der Waals surface area contributed by atoms with E-state index in [0.29, 0.717) is 0 Å². The zero-order chi connectivity index (χ0) is 11.8. The highest BCUT2D eigenvalue weighted by Crippen LogP contribution is 2.31. The van der Waals surface area contributed by atoms with Gasteiger partial charge in [-0.05, 0) is 36.5 Å². The molecule has 1 atom stereocenters. The molecule has 1 unspecified atom stereocenters. The van der Waals surface area contributed by atoms with Crippen LogP contribution in [0.15, 0.2) is 23.2 Å². The number of nitrogens with zero attached hydrogens (tertiary/aromatic N) is 2. The summed E-state index contributed by atoms with van der Waals surface area (Å²) in [6.07, 6.45) is 3.61. The zero-order valence-corrected chi connectivity index (χ0v) is 10.9. The van der Waals surface area contributed by atoms with Gasteiger partial charge in [-0.25, -0.2) is 4.99 Å². The minimum Gasteiger partial charge on any atom is -0.359 e. The van der Waals surface area contributed by atoms with E-state index in [1.54, 1.807) is 0 Å². The Balaban J connectivity index is 1.81. The molecule has 0 bridgehead atoms. The fourth-order valence-electron chi connectivity index (χ4n) is 2.75. The summed E-state index contributed by atoms with van der Waals surface area (Å²) in [6.45, 7) is 4.64. The summed E-state index contributed by atoms with van der Waals surface area (Å²) in [5, 5.41) is 0.778. The normalized spacial score (nSPS) is 23.5. The fraction of sp³-hybridized carbons (Fsp3) is 0.500. The number of hydrogen-bond acceptors (Lipinski definition) is 2. The van der Waals surface area contributed by atoms with Gasteiger partial charge in [0.2, 0.25) is 0 Å². The molecule has 0 aromatic heterocycles. The molecule has 2 aliphatic heterocycles. The number of rotatable bonds is 0. The number of fused-ring (bicyclic) bond motifs is 1. The molecular formula is C14H17ClN2. The monoisotopic (exact) mass is 248 g/mol. The molecule has 3 heteroatoms. The highest BCUT2D eigenvalue weighted by molar-refractivity contribution is 6.30. The topological polar surface area (TPSA) is 15.6 Å². The van der Waals surface area contributed by atoms with Gasteiger partial charge in [0.1, 0.15) is 5.84 Å². The SMILES string of the molecule is CC1CCCN(C2=Nc3cc(Cl)ccc3C2)C1. The van der Waals surface area contributed by atoms with Gasteiger partial charge < -0.3 is 4.90 Å². The van der Waals surface area contributed by atoms with Gasteiger partial charge in [0.05, 0.1) is 5.69 Å². The predicted molar refractivity (Wildman–Crippen MR) is 72.2 cm³/mol. The van der Waals surface area contributed by atoms with Crippen LogP contribution in [-0.2, 0) is 6.42 Å². The van der Waals surface area contributed by atoms with Gasteiger partial charge in [-0.15, -0.1) is 0 Å². The summed E-state index contributed by atoms with van der Waals surface area (Å²) < 4.78 is 0. The number of aliphatic imine (C=N–C) groups is 1. The predicted octanol–water partition coefficient (Wildman–Crippen LogP) is 3.66. The van der Waals surface area contributed by atoms with Crippen molar-refractivity contribution in [1.29, 1.82) is 0 Å². The molecular weight excluding hydrogens is 232 g/mol. The third-order valence-corrected chi connectivity index (χ3v) is 3.90. The summed E-state index contributed by atoms with van der Waals surface area (Å²) in [7, 11) is 0. The number of piperidine rings is 1. The largest absolute Gasteiger partial charge is 0.359 e. The molecule has 1 aromatic rings. The van der Waals surface area contributed by atoms with Crippen LogP contribution in [0.1, 0.15) is 25.3 Å². The minimum absolute atomic E-state index is 0.778. The van der Waals surface area contributed by atoms with E-state index in [1.165, 1.54) is 24.2 Å². The summed E-state index contributed by atoms with van der Waals surface area (Å²) >= 11 is 6.00. The lowest BCUT2D eigenvalue weighted by Gasteiger charge is -2.32. The first-order valence-corrected chi connectivity index (χ1v) is 6.71. The average Bonchev–Trinajstić information content (AvgIpc) is 2.72. The Morgan fingerprint density at radius 1 is 1.41 bits per heavy atom. The Bertz CT molecular complexity index is 467. The van der Waals surface area contributed by atoms with E-state index >= 15 is 0 Å². The second-order valence-electron chi connectivity index (χ2n) is 5.17. The number of halogens is 1. The maximum absolute atomic E-state index is 6.00. The van der Waals surface area contributed by atoms with E-state index in [0.717, 1.165) is 36.1 Å². The molecule has 0 amide bonds.